The summed E-state index contributed by atoms with van der Waals surface area (Å²) in [5.74, 6) is 1.41. The molecule has 0 saturated carbocycles. The summed E-state index contributed by atoms with van der Waals surface area (Å²) in [6.45, 7) is 0.202. The molecular weight excluding hydrogens is 472 g/mol. The molecule has 8 rings (SSSR count). The number of anilines is 1. The Morgan fingerprint density at radius 2 is 1.47 bits per heavy atom. The number of benzene rings is 5. The summed E-state index contributed by atoms with van der Waals surface area (Å²) in [7, 11) is 0. The first kappa shape index (κ1) is 21.1. The Labute approximate surface area is 218 Å². The van der Waals surface area contributed by atoms with Crippen LogP contribution in [0.1, 0.15) is 17.2 Å². The van der Waals surface area contributed by atoms with E-state index in [0.29, 0.717) is 5.75 Å². The second-order valence-corrected chi connectivity index (χ2v) is 9.68. The van der Waals surface area contributed by atoms with Gasteiger partial charge >= 0.3 is 0 Å². The molecule has 0 amide bonds. The van der Waals surface area contributed by atoms with Crippen LogP contribution in [-0.4, -0.2) is 11.4 Å². The summed E-state index contributed by atoms with van der Waals surface area (Å²) < 4.78 is 13.1. The second kappa shape index (κ2) is 7.98. The number of nitrogens with zero attached hydrogens (tertiary/aromatic N) is 1. The number of para-hydroxylation sites is 2. The van der Waals surface area contributed by atoms with E-state index in [0.717, 1.165) is 61.1 Å². The molecular formula is C33H22N2O3. The first-order chi connectivity index (χ1) is 18.8. The SMILES string of the molecule is O=c1c2c(c3ccccc3n1-c1ccccc1)-c1c(ccc3ccccc13)NC2c1ccc2c(c1)OCO2. The van der Waals surface area contributed by atoms with Crippen molar-refractivity contribution in [3.63, 3.8) is 0 Å². The lowest BCUT2D eigenvalue weighted by molar-refractivity contribution is 0.174. The van der Waals surface area contributed by atoms with Crippen molar-refractivity contribution < 1.29 is 9.47 Å². The third-order valence-electron chi connectivity index (χ3n) is 7.63. The summed E-state index contributed by atoms with van der Waals surface area (Å²) in [5.41, 5.74) is 6.38. The molecule has 6 aromatic rings. The van der Waals surface area contributed by atoms with Crippen molar-refractivity contribution >= 4 is 27.4 Å². The average molecular weight is 495 g/mol. The van der Waals surface area contributed by atoms with E-state index < -0.39 is 0 Å². The zero-order valence-electron chi connectivity index (χ0n) is 20.3. The van der Waals surface area contributed by atoms with Crippen LogP contribution >= 0.6 is 0 Å². The summed E-state index contributed by atoms with van der Waals surface area (Å²) in [6.07, 6.45) is 0. The van der Waals surface area contributed by atoms with Gasteiger partial charge in [0, 0.05) is 27.9 Å². The van der Waals surface area contributed by atoms with Crippen LogP contribution < -0.4 is 20.3 Å². The van der Waals surface area contributed by atoms with Crippen molar-refractivity contribution in [1.82, 2.24) is 4.57 Å². The van der Waals surface area contributed by atoms with Crippen LogP contribution in [0.3, 0.4) is 0 Å². The van der Waals surface area contributed by atoms with Gasteiger partial charge in [0.15, 0.2) is 11.5 Å². The fourth-order valence-electron chi connectivity index (χ4n) is 5.96. The summed E-state index contributed by atoms with van der Waals surface area (Å²) in [5, 5.41) is 7.02. The molecule has 1 aromatic heterocycles. The molecule has 5 aromatic carbocycles. The third kappa shape index (κ3) is 2.96. The maximum Gasteiger partial charge on any atom is 0.261 e. The fourth-order valence-corrected chi connectivity index (χ4v) is 5.96. The Morgan fingerprint density at radius 3 is 2.37 bits per heavy atom. The predicted octanol–water partition coefficient (Wildman–Crippen LogP) is 7.05. The van der Waals surface area contributed by atoms with Crippen LogP contribution in [0.5, 0.6) is 11.5 Å². The van der Waals surface area contributed by atoms with Gasteiger partial charge in [-0.05, 0) is 52.7 Å². The molecule has 1 atom stereocenters. The fraction of sp³-hybridized carbons (Fsp3) is 0.0606. The number of aromatic nitrogens is 1. The normalized spacial score (nSPS) is 15.2. The van der Waals surface area contributed by atoms with Crippen LogP contribution in [-0.2, 0) is 0 Å². The molecule has 5 heteroatoms. The summed E-state index contributed by atoms with van der Waals surface area (Å²) in [4.78, 5) is 14.7. The molecule has 0 radical (unpaired) electrons. The molecule has 0 fully saturated rings. The molecule has 0 saturated heterocycles. The van der Waals surface area contributed by atoms with E-state index in [2.05, 4.69) is 41.7 Å². The molecule has 38 heavy (non-hydrogen) atoms. The van der Waals surface area contributed by atoms with Crippen molar-refractivity contribution in [2.24, 2.45) is 0 Å². The number of ether oxygens (including phenoxy) is 2. The minimum Gasteiger partial charge on any atom is -0.454 e. The Balaban J connectivity index is 1.53. The molecule has 5 nitrogen and oxygen atoms in total. The van der Waals surface area contributed by atoms with Gasteiger partial charge in [0.05, 0.1) is 17.1 Å². The van der Waals surface area contributed by atoms with Crippen LogP contribution in [0.25, 0.3) is 38.5 Å². The standard InChI is InChI=1S/C33H22N2O3/c36-33-31-30(24-12-6-7-13-26(24)35(33)22-9-2-1-3-10-22)29-23-11-5-4-8-20(23)14-16-25(29)34-32(31)21-15-17-27-28(18-21)38-19-37-27/h1-18,32,34H,19H2. The lowest BCUT2D eigenvalue weighted by Gasteiger charge is -2.32. The van der Waals surface area contributed by atoms with Crippen molar-refractivity contribution in [2.45, 2.75) is 6.04 Å². The van der Waals surface area contributed by atoms with Gasteiger partial charge in [0.1, 0.15) is 0 Å². The van der Waals surface area contributed by atoms with Gasteiger partial charge in [-0.25, -0.2) is 0 Å². The number of fused-ring (bicyclic) bond motifs is 8. The van der Waals surface area contributed by atoms with Gasteiger partial charge in [0.2, 0.25) is 6.79 Å². The number of hydrogen-bond acceptors (Lipinski definition) is 4. The number of rotatable bonds is 2. The second-order valence-electron chi connectivity index (χ2n) is 9.68. The zero-order valence-corrected chi connectivity index (χ0v) is 20.3. The Hall–Kier alpha value is -5.03. The monoisotopic (exact) mass is 494 g/mol. The van der Waals surface area contributed by atoms with E-state index in [4.69, 9.17) is 9.47 Å². The number of pyridine rings is 1. The molecule has 2 aliphatic heterocycles. The van der Waals surface area contributed by atoms with Crippen LogP contribution in [0, 0.1) is 0 Å². The molecule has 3 heterocycles. The maximum atomic E-state index is 14.7. The highest BCUT2D eigenvalue weighted by atomic mass is 16.7. The highest BCUT2D eigenvalue weighted by molar-refractivity contribution is 6.12. The molecule has 1 N–H and O–H groups in total. The molecule has 2 aliphatic rings. The molecule has 0 bridgehead atoms. The Morgan fingerprint density at radius 1 is 0.711 bits per heavy atom. The van der Waals surface area contributed by atoms with Gasteiger partial charge in [-0.2, -0.15) is 0 Å². The minimum absolute atomic E-state index is 0.0429. The summed E-state index contributed by atoms with van der Waals surface area (Å²) in [6, 6.07) is 36.2. The first-order valence-corrected chi connectivity index (χ1v) is 12.7. The van der Waals surface area contributed by atoms with Crippen LogP contribution in [0.2, 0.25) is 0 Å². The average Bonchev–Trinajstić information content (AvgIpc) is 3.45. The van der Waals surface area contributed by atoms with Gasteiger partial charge < -0.3 is 14.8 Å². The largest absolute Gasteiger partial charge is 0.454 e. The van der Waals surface area contributed by atoms with E-state index in [1.807, 2.05) is 77.4 Å². The quantitative estimate of drug-likeness (QED) is 0.280. The number of hydrogen-bond donors (Lipinski definition) is 1. The molecule has 182 valence electrons. The van der Waals surface area contributed by atoms with E-state index in [9.17, 15) is 4.79 Å². The lowest BCUT2D eigenvalue weighted by Crippen LogP contribution is -2.31. The van der Waals surface area contributed by atoms with E-state index in [1.165, 1.54) is 0 Å². The zero-order chi connectivity index (χ0) is 25.2. The first-order valence-electron chi connectivity index (χ1n) is 12.7. The minimum atomic E-state index is -0.375. The van der Waals surface area contributed by atoms with E-state index >= 15 is 0 Å². The molecule has 1 unspecified atom stereocenters. The highest BCUT2D eigenvalue weighted by Crippen LogP contribution is 2.49. The Bertz CT molecular complexity index is 1960. The third-order valence-corrected chi connectivity index (χ3v) is 7.63. The van der Waals surface area contributed by atoms with Gasteiger partial charge in [-0.15, -0.1) is 0 Å². The van der Waals surface area contributed by atoms with E-state index in [1.54, 1.807) is 0 Å². The maximum absolute atomic E-state index is 14.7. The van der Waals surface area contributed by atoms with Gasteiger partial charge in [-0.1, -0.05) is 72.8 Å². The molecule has 0 spiro atoms. The lowest BCUT2D eigenvalue weighted by atomic mass is 9.83. The van der Waals surface area contributed by atoms with Crippen molar-refractivity contribution in [3.05, 3.63) is 131 Å². The van der Waals surface area contributed by atoms with Gasteiger partial charge in [0.25, 0.3) is 5.56 Å². The summed E-state index contributed by atoms with van der Waals surface area (Å²) >= 11 is 0. The topological polar surface area (TPSA) is 52.5 Å². The van der Waals surface area contributed by atoms with Crippen molar-refractivity contribution in [1.29, 1.82) is 0 Å². The van der Waals surface area contributed by atoms with Crippen LogP contribution in [0.15, 0.2) is 114 Å². The van der Waals surface area contributed by atoms with E-state index in [-0.39, 0.29) is 18.4 Å². The number of nitrogens with one attached hydrogen (secondary N) is 1. The smallest absolute Gasteiger partial charge is 0.261 e. The Kier molecular flexibility index (Phi) is 4.43. The van der Waals surface area contributed by atoms with Crippen LogP contribution in [0.4, 0.5) is 5.69 Å². The highest BCUT2D eigenvalue weighted by Gasteiger charge is 2.33. The molecule has 0 aliphatic carbocycles. The van der Waals surface area contributed by atoms with Gasteiger partial charge in [-0.3, -0.25) is 9.36 Å². The van der Waals surface area contributed by atoms with Crippen molar-refractivity contribution in [3.8, 4) is 28.3 Å². The predicted molar refractivity (Wildman–Crippen MR) is 151 cm³/mol. The van der Waals surface area contributed by atoms with Crippen molar-refractivity contribution in [2.75, 3.05) is 12.1 Å².